The van der Waals surface area contributed by atoms with Gasteiger partial charge in [0.05, 0.1) is 22.6 Å². The van der Waals surface area contributed by atoms with E-state index in [-0.39, 0.29) is 29.7 Å². The van der Waals surface area contributed by atoms with Crippen molar-refractivity contribution in [1.82, 2.24) is 0 Å². The molecule has 1 fully saturated rings. The lowest BCUT2D eigenvalue weighted by molar-refractivity contribution is -0.157. The number of carbonyl (C=O) groups excluding carboxylic acids is 2. The highest BCUT2D eigenvalue weighted by Gasteiger charge is 2.70. The van der Waals surface area contributed by atoms with E-state index < -0.39 is 44.9 Å². The van der Waals surface area contributed by atoms with Crippen molar-refractivity contribution in [3.05, 3.63) is 47.1 Å². The van der Waals surface area contributed by atoms with E-state index in [9.17, 15) is 24.9 Å². The molecule has 6 nitrogen and oxygen atoms in total. The average molecular weight is 497 g/mol. The number of hydrogen-bond acceptors (Lipinski definition) is 6. The second-order valence-electron chi connectivity index (χ2n) is 9.71. The van der Waals surface area contributed by atoms with Gasteiger partial charge in [0.15, 0.2) is 17.2 Å². The van der Waals surface area contributed by atoms with Gasteiger partial charge < -0.3 is 20.1 Å². The van der Waals surface area contributed by atoms with Gasteiger partial charge in [-0.1, -0.05) is 23.8 Å². The SMILES string of the molecule is C=C(C)C(O)CCC(C)=CCC12OC(C)(C)C(Cl)CC1(Cl)C(=O)c1c(O)cc(O)cc1C2=O. The molecule has 1 heterocycles. The largest absolute Gasteiger partial charge is 0.508 e. The first-order chi connectivity index (χ1) is 15.2. The number of hydrogen-bond donors (Lipinski definition) is 3. The number of Topliss-reactive ketones (excluding diaryl/α,β-unsaturated/α-hetero) is 2. The molecule has 0 amide bonds. The van der Waals surface area contributed by atoms with E-state index in [0.717, 1.165) is 17.7 Å². The van der Waals surface area contributed by atoms with Gasteiger partial charge in [-0.25, -0.2) is 0 Å². The molecule has 4 unspecified atom stereocenters. The van der Waals surface area contributed by atoms with Crippen molar-refractivity contribution in [2.24, 2.45) is 0 Å². The van der Waals surface area contributed by atoms with Crippen molar-refractivity contribution in [2.75, 3.05) is 0 Å². The van der Waals surface area contributed by atoms with Gasteiger partial charge in [-0.2, -0.15) is 0 Å². The molecule has 0 saturated carbocycles. The molecule has 1 aromatic rings. The average Bonchev–Trinajstić information content (AvgIpc) is 2.71. The van der Waals surface area contributed by atoms with Crippen molar-refractivity contribution in [3.63, 3.8) is 0 Å². The van der Waals surface area contributed by atoms with E-state index in [1.807, 2.05) is 6.92 Å². The Balaban J connectivity index is 2.11. The van der Waals surface area contributed by atoms with Crippen LogP contribution in [-0.4, -0.2) is 54.4 Å². The molecular weight excluding hydrogens is 467 g/mol. The summed E-state index contributed by atoms with van der Waals surface area (Å²) < 4.78 is 6.31. The first-order valence-electron chi connectivity index (χ1n) is 10.8. The standard InChI is InChI=1S/C25H30Cl2O6/c1-13(2)17(29)7-6-14(3)8-9-25-21(31)16-10-15(28)11-18(30)20(16)22(32)24(25,27)12-19(26)23(4,5)33-25/h8,10-11,17,19,28-30H,1,6-7,9,12H2,2-5H3. The van der Waals surface area contributed by atoms with Gasteiger partial charge in [0.2, 0.25) is 0 Å². The number of allylic oxidation sites excluding steroid dienone is 1. The molecule has 3 N–H and O–H groups in total. The second-order valence-corrected chi connectivity index (χ2v) is 10.9. The van der Waals surface area contributed by atoms with Crippen LogP contribution in [0.25, 0.3) is 0 Å². The third kappa shape index (κ3) is 4.23. The number of phenolic OH excluding ortho intramolecular Hbond substituents is 2. The molecule has 1 aromatic carbocycles. The predicted molar refractivity (Wildman–Crippen MR) is 128 cm³/mol. The van der Waals surface area contributed by atoms with Crippen LogP contribution in [0.15, 0.2) is 35.9 Å². The number of aliphatic hydroxyl groups is 1. The van der Waals surface area contributed by atoms with Gasteiger partial charge in [0.1, 0.15) is 16.4 Å². The van der Waals surface area contributed by atoms with Crippen LogP contribution in [0.5, 0.6) is 11.5 Å². The fraction of sp³-hybridized carbons (Fsp3) is 0.520. The Morgan fingerprint density at radius 1 is 1.27 bits per heavy atom. The minimum absolute atomic E-state index is 0.0149. The molecule has 180 valence electrons. The molecule has 2 aliphatic rings. The highest BCUT2D eigenvalue weighted by molar-refractivity contribution is 6.45. The van der Waals surface area contributed by atoms with E-state index in [2.05, 4.69) is 6.58 Å². The van der Waals surface area contributed by atoms with Crippen LogP contribution in [-0.2, 0) is 4.74 Å². The van der Waals surface area contributed by atoms with Gasteiger partial charge in [0, 0.05) is 18.1 Å². The van der Waals surface area contributed by atoms with Crippen LogP contribution in [0.3, 0.4) is 0 Å². The number of halogens is 2. The molecule has 1 aliphatic carbocycles. The highest BCUT2D eigenvalue weighted by Crippen LogP contribution is 2.56. The van der Waals surface area contributed by atoms with Gasteiger partial charge in [-0.15, -0.1) is 23.2 Å². The number of carbonyl (C=O) groups is 2. The van der Waals surface area contributed by atoms with Crippen molar-refractivity contribution in [2.45, 2.75) is 80.9 Å². The number of aliphatic hydroxyl groups excluding tert-OH is 1. The highest BCUT2D eigenvalue weighted by atomic mass is 35.5. The summed E-state index contributed by atoms with van der Waals surface area (Å²) in [7, 11) is 0. The molecule has 0 spiro atoms. The summed E-state index contributed by atoms with van der Waals surface area (Å²) in [5, 5.41) is 29.7. The number of fused-ring (bicyclic) bond motifs is 2. The van der Waals surface area contributed by atoms with Crippen LogP contribution in [0.1, 0.15) is 74.1 Å². The Labute approximate surface area is 203 Å². The molecule has 1 aliphatic heterocycles. The Bertz CT molecular complexity index is 1050. The number of ether oxygens (including phenoxy) is 1. The molecule has 3 rings (SSSR count). The van der Waals surface area contributed by atoms with Crippen molar-refractivity contribution in [3.8, 4) is 11.5 Å². The quantitative estimate of drug-likeness (QED) is 0.375. The van der Waals surface area contributed by atoms with Crippen molar-refractivity contribution >= 4 is 34.8 Å². The molecule has 1 saturated heterocycles. The van der Waals surface area contributed by atoms with Crippen LogP contribution in [0.4, 0.5) is 0 Å². The Hall–Kier alpha value is -1.86. The normalized spacial score (nSPS) is 29.9. The first-order valence-corrected chi connectivity index (χ1v) is 11.7. The molecule has 4 atom stereocenters. The molecule has 0 bridgehead atoms. The third-order valence-corrected chi connectivity index (χ3v) is 8.02. The van der Waals surface area contributed by atoms with Gasteiger partial charge in [0.25, 0.3) is 0 Å². The lowest BCUT2D eigenvalue weighted by Gasteiger charge is -2.56. The van der Waals surface area contributed by atoms with E-state index in [4.69, 9.17) is 27.9 Å². The molecule has 33 heavy (non-hydrogen) atoms. The van der Waals surface area contributed by atoms with E-state index in [0.29, 0.717) is 18.4 Å². The zero-order chi connectivity index (χ0) is 24.9. The molecule has 0 radical (unpaired) electrons. The Morgan fingerprint density at radius 3 is 2.52 bits per heavy atom. The number of rotatable bonds is 6. The first kappa shape index (κ1) is 25.8. The number of ketones is 2. The fourth-order valence-electron chi connectivity index (χ4n) is 4.53. The summed E-state index contributed by atoms with van der Waals surface area (Å²) in [6.45, 7) is 10.8. The lowest BCUT2D eigenvalue weighted by atomic mass is 9.63. The van der Waals surface area contributed by atoms with Gasteiger partial charge in [-0.3, -0.25) is 9.59 Å². The lowest BCUT2D eigenvalue weighted by Crippen LogP contribution is -2.72. The molecule has 8 heteroatoms. The van der Waals surface area contributed by atoms with E-state index in [1.54, 1.807) is 26.8 Å². The molecule has 0 aromatic heterocycles. The van der Waals surface area contributed by atoms with Gasteiger partial charge >= 0.3 is 0 Å². The Kier molecular flexibility index (Phi) is 6.82. The minimum Gasteiger partial charge on any atom is -0.508 e. The Morgan fingerprint density at radius 2 is 1.91 bits per heavy atom. The number of benzene rings is 1. The van der Waals surface area contributed by atoms with Crippen LogP contribution in [0, 0.1) is 0 Å². The van der Waals surface area contributed by atoms with Crippen molar-refractivity contribution in [1.29, 1.82) is 0 Å². The summed E-state index contributed by atoms with van der Waals surface area (Å²) in [4.78, 5) is 25.7. The summed E-state index contributed by atoms with van der Waals surface area (Å²) >= 11 is 13.5. The minimum atomic E-state index is -1.85. The topological polar surface area (TPSA) is 104 Å². The van der Waals surface area contributed by atoms with Crippen molar-refractivity contribution < 1.29 is 29.6 Å². The summed E-state index contributed by atoms with van der Waals surface area (Å²) in [6, 6.07) is 2.15. The zero-order valence-corrected chi connectivity index (χ0v) is 20.8. The van der Waals surface area contributed by atoms with E-state index in [1.165, 1.54) is 0 Å². The maximum Gasteiger partial charge on any atom is 0.198 e. The number of alkyl halides is 2. The summed E-state index contributed by atoms with van der Waals surface area (Å²) in [5.41, 5.74) is -1.60. The smallest absolute Gasteiger partial charge is 0.198 e. The second kappa shape index (κ2) is 8.73. The number of aromatic hydroxyl groups is 2. The zero-order valence-electron chi connectivity index (χ0n) is 19.2. The van der Waals surface area contributed by atoms with Crippen LogP contribution in [0.2, 0.25) is 0 Å². The van der Waals surface area contributed by atoms with Crippen LogP contribution < -0.4 is 0 Å². The summed E-state index contributed by atoms with van der Waals surface area (Å²) in [5.74, 6) is -2.13. The molecular formula is C25H30Cl2O6. The fourth-order valence-corrected chi connectivity index (χ4v) is 5.33. The van der Waals surface area contributed by atoms with Crippen LogP contribution >= 0.6 is 23.2 Å². The monoisotopic (exact) mass is 496 g/mol. The van der Waals surface area contributed by atoms with Gasteiger partial charge in [-0.05, 0) is 53.0 Å². The third-order valence-electron chi connectivity index (χ3n) is 6.71. The van der Waals surface area contributed by atoms with E-state index >= 15 is 0 Å². The maximum absolute atomic E-state index is 13.9. The predicted octanol–water partition coefficient (Wildman–Crippen LogP) is 5.05. The maximum atomic E-state index is 13.9. The number of phenols is 2. The summed E-state index contributed by atoms with van der Waals surface area (Å²) in [6.07, 6.45) is 2.08.